The van der Waals surface area contributed by atoms with Crippen LogP contribution in [0.15, 0.2) is 36.7 Å². The van der Waals surface area contributed by atoms with Crippen molar-refractivity contribution < 1.29 is 9.59 Å². The molecule has 1 aliphatic heterocycles. The number of nitrogens with one attached hydrogen (secondary N) is 2. The van der Waals surface area contributed by atoms with Gasteiger partial charge in [0.15, 0.2) is 0 Å². The molecule has 2 aromatic rings. The normalized spacial score (nSPS) is 16.6. The average molecular weight is 369 g/mol. The lowest BCUT2D eigenvalue weighted by molar-refractivity contribution is 0.0943. The van der Waals surface area contributed by atoms with Crippen LogP contribution in [0.25, 0.3) is 0 Å². The zero-order chi connectivity index (χ0) is 19.4. The predicted octanol–water partition coefficient (Wildman–Crippen LogP) is 2.65. The minimum atomic E-state index is -0.110. The molecule has 7 heteroatoms. The molecular weight excluding hydrogens is 342 g/mol. The Hall–Kier alpha value is -2.83. The molecule has 2 N–H and O–H groups in total. The van der Waals surface area contributed by atoms with E-state index in [0.717, 1.165) is 25.9 Å². The topological polar surface area (TPSA) is 79.3 Å². The molecule has 2 heterocycles. The fourth-order valence-corrected chi connectivity index (χ4v) is 3.35. The maximum Gasteiger partial charge on any atom is 0.321 e. The maximum absolute atomic E-state index is 12.5. The van der Waals surface area contributed by atoms with Crippen LogP contribution in [0.1, 0.15) is 36.2 Å². The molecule has 3 rings (SSSR count). The molecule has 0 saturated carbocycles. The van der Waals surface area contributed by atoms with E-state index in [-0.39, 0.29) is 18.0 Å². The number of hydrogen-bond donors (Lipinski definition) is 2. The number of aryl methyl sites for hydroxylation is 1. The third-order valence-corrected chi connectivity index (χ3v) is 4.67. The number of benzene rings is 1. The van der Waals surface area contributed by atoms with Crippen molar-refractivity contribution >= 4 is 17.6 Å². The van der Waals surface area contributed by atoms with Crippen molar-refractivity contribution in [3.63, 3.8) is 0 Å². The molecule has 3 amide bonds. The van der Waals surface area contributed by atoms with Crippen LogP contribution in [0, 0.1) is 5.92 Å². The van der Waals surface area contributed by atoms with E-state index in [2.05, 4.69) is 15.7 Å². The van der Waals surface area contributed by atoms with Gasteiger partial charge in [0.1, 0.15) is 0 Å². The van der Waals surface area contributed by atoms with Gasteiger partial charge in [0.2, 0.25) is 0 Å². The van der Waals surface area contributed by atoms with Crippen molar-refractivity contribution in [2.24, 2.45) is 13.0 Å². The fraction of sp³-hybridized carbons (Fsp3) is 0.450. The van der Waals surface area contributed by atoms with E-state index in [1.807, 2.05) is 38.2 Å². The number of amides is 3. The van der Waals surface area contributed by atoms with Gasteiger partial charge in [-0.1, -0.05) is 0 Å². The number of carbonyl (C=O) groups excluding carboxylic acids is 2. The number of urea groups is 1. The van der Waals surface area contributed by atoms with Crippen molar-refractivity contribution in [1.29, 1.82) is 0 Å². The van der Waals surface area contributed by atoms with Crippen LogP contribution in [-0.2, 0) is 13.5 Å². The number of hydrogen-bond acceptors (Lipinski definition) is 3. The molecule has 0 aliphatic carbocycles. The molecule has 0 bridgehead atoms. The summed E-state index contributed by atoms with van der Waals surface area (Å²) in [4.78, 5) is 26.3. The summed E-state index contributed by atoms with van der Waals surface area (Å²) in [7, 11) is 1.91. The van der Waals surface area contributed by atoms with Crippen molar-refractivity contribution in [2.45, 2.75) is 32.7 Å². The van der Waals surface area contributed by atoms with E-state index in [1.54, 1.807) is 28.9 Å². The summed E-state index contributed by atoms with van der Waals surface area (Å²) in [6.07, 6.45) is 5.85. The second kappa shape index (κ2) is 8.24. The van der Waals surface area contributed by atoms with E-state index < -0.39 is 0 Å². The van der Waals surface area contributed by atoms with E-state index in [4.69, 9.17) is 0 Å². The quantitative estimate of drug-likeness (QED) is 0.850. The Morgan fingerprint density at radius 2 is 2.00 bits per heavy atom. The zero-order valence-corrected chi connectivity index (χ0v) is 16.1. The Kier molecular flexibility index (Phi) is 5.78. The Labute approximate surface area is 159 Å². The Balaban J connectivity index is 1.51. The summed E-state index contributed by atoms with van der Waals surface area (Å²) in [5, 5.41) is 9.97. The zero-order valence-electron chi connectivity index (χ0n) is 16.1. The Morgan fingerprint density at radius 3 is 2.63 bits per heavy atom. The van der Waals surface area contributed by atoms with Crippen LogP contribution in [0.5, 0.6) is 0 Å². The summed E-state index contributed by atoms with van der Waals surface area (Å²) >= 11 is 0. The summed E-state index contributed by atoms with van der Waals surface area (Å²) in [5.74, 6) is 0.350. The molecule has 144 valence electrons. The number of anilines is 1. The molecule has 1 aromatic heterocycles. The highest BCUT2D eigenvalue weighted by Crippen LogP contribution is 2.21. The first-order valence-electron chi connectivity index (χ1n) is 9.35. The third kappa shape index (κ3) is 5.09. The number of nitrogens with zero attached hydrogens (tertiary/aromatic N) is 3. The van der Waals surface area contributed by atoms with Gasteiger partial charge < -0.3 is 15.5 Å². The molecule has 0 radical (unpaired) electrons. The summed E-state index contributed by atoms with van der Waals surface area (Å²) in [6, 6.07) is 6.97. The third-order valence-electron chi connectivity index (χ3n) is 4.67. The van der Waals surface area contributed by atoms with Gasteiger partial charge in [-0.15, -0.1) is 0 Å². The molecule has 1 saturated heterocycles. The molecule has 1 atom stereocenters. The van der Waals surface area contributed by atoms with Crippen LogP contribution in [0.4, 0.5) is 10.5 Å². The molecular formula is C20H27N5O2. The van der Waals surface area contributed by atoms with E-state index >= 15 is 0 Å². The molecule has 27 heavy (non-hydrogen) atoms. The van der Waals surface area contributed by atoms with Gasteiger partial charge in [0, 0.05) is 43.6 Å². The highest BCUT2D eigenvalue weighted by Gasteiger charge is 2.26. The van der Waals surface area contributed by atoms with Crippen molar-refractivity contribution in [3.8, 4) is 0 Å². The molecule has 7 nitrogen and oxygen atoms in total. The summed E-state index contributed by atoms with van der Waals surface area (Å²) in [6.45, 7) is 5.34. The van der Waals surface area contributed by atoms with E-state index in [1.165, 1.54) is 5.56 Å². The van der Waals surface area contributed by atoms with Crippen molar-refractivity contribution in [3.05, 3.63) is 47.8 Å². The molecule has 1 aromatic carbocycles. The lowest BCUT2D eigenvalue weighted by Crippen LogP contribution is -2.33. The van der Waals surface area contributed by atoms with Crippen LogP contribution in [0.2, 0.25) is 0 Å². The summed E-state index contributed by atoms with van der Waals surface area (Å²) in [5.41, 5.74) is 2.48. The Morgan fingerprint density at radius 1 is 1.26 bits per heavy atom. The number of likely N-dealkylation sites (tertiary alicyclic amines) is 1. The standard InChI is InChI=1S/C20H27N5O2/c1-14(2)22-19(26)17-4-6-18(7-5-17)23-20(27)25-9-8-15(13-25)10-16-11-21-24(3)12-16/h4-7,11-12,14-15H,8-10,13H2,1-3H3,(H,22,26)(H,23,27). The van der Waals surface area contributed by atoms with Crippen LogP contribution in [0.3, 0.4) is 0 Å². The highest BCUT2D eigenvalue weighted by molar-refractivity contribution is 5.95. The van der Waals surface area contributed by atoms with Crippen LogP contribution in [-0.4, -0.2) is 45.8 Å². The van der Waals surface area contributed by atoms with Gasteiger partial charge in [0.05, 0.1) is 6.20 Å². The van der Waals surface area contributed by atoms with Gasteiger partial charge in [0.25, 0.3) is 5.91 Å². The number of aromatic nitrogens is 2. The molecule has 0 spiro atoms. The fourth-order valence-electron chi connectivity index (χ4n) is 3.35. The van der Waals surface area contributed by atoms with Gasteiger partial charge in [-0.2, -0.15) is 5.10 Å². The van der Waals surface area contributed by atoms with Gasteiger partial charge in [-0.25, -0.2) is 4.79 Å². The van der Waals surface area contributed by atoms with Gasteiger partial charge in [-0.3, -0.25) is 9.48 Å². The Bertz CT molecular complexity index is 797. The monoisotopic (exact) mass is 369 g/mol. The minimum Gasteiger partial charge on any atom is -0.350 e. The average Bonchev–Trinajstić information content (AvgIpc) is 3.24. The minimum absolute atomic E-state index is 0.0895. The first-order valence-corrected chi connectivity index (χ1v) is 9.35. The van der Waals surface area contributed by atoms with Crippen molar-refractivity contribution in [1.82, 2.24) is 20.0 Å². The number of rotatable bonds is 5. The van der Waals surface area contributed by atoms with E-state index in [9.17, 15) is 9.59 Å². The maximum atomic E-state index is 12.5. The lowest BCUT2D eigenvalue weighted by Gasteiger charge is -2.17. The van der Waals surface area contributed by atoms with Crippen LogP contribution < -0.4 is 10.6 Å². The molecule has 1 unspecified atom stereocenters. The van der Waals surface area contributed by atoms with Crippen molar-refractivity contribution in [2.75, 3.05) is 18.4 Å². The SMILES string of the molecule is CC(C)NC(=O)c1ccc(NC(=O)N2CCC(Cc3cnn(C)c3)C2)cc1. The summed E-state index contributed by atoms with van der Waals surface area (Å²) < 4.78 is 1.81. The van der Waals surface area contributed by atoms with Crippen LogP contribution >= 0.6 is 0 Å². The highest BCUT2D eigenvalue weighted by atomic mass is 16.2. The van der Waals surface area contributed by atoms with Gasteiger partial charge in [-0.05, 0) is 62.4 Å². The first-order chi connectivity index (χ1) is 12.9. The first kappa shape index (κ1) is 18.9. The smallest absolute Gasteiger partial charge is 0.321 e. The second-order valence-electron chi connectivity index (χ2n) is 7.46. The number of carbonyl (C=O) groups is 2. The van der Waals surface area contributed by atoms with Gasteiger partial charge >= 0.3 is 6.03 Å². The molecule has 1 fully saturated rings. The largest absolute Gasteiger partial charge is 0.350 e. The second-order valence-corrected chi connectivity index (χ2v) is 7.46. The van der Waals surface area contributed by atoms with E-state index in [0.29, 0.717) is 17.2 Å². The molecule has 1 aliphatic rings. The lowest BCUT2D eigenvalue weighted by atomic mass is 10.0. The predicted molar refractivity (Wildman–Crippen MR) is 105 cm³/mol.